The van der Waals surface area contributed by atoms with Crippen LogP contribution in [-0.2, 0) is 5.75 Å². The van der Waals surface area contributed by atoms with E-state index in [4.69, 9.17) is 14.6 Å². The molecule has 1 unspecified atom stereocenters. The first kappa shape index (κ1) is 13.1. The fraction of sp³-hybridized carbons (Fsp3) is 0.545. The molecule has 0 radical (unpaired) electrons. The number of aryl methyl sites for hydroxylation is 1. The molecule has 4 nitrogen and oxygen atoms in total. The van der Waals surface area contributed by atoms with Gasteiger partial charge in [0.1, 0.15) is 5.76 Å². The van der Waals surface area contributed by atoms with Crippen molar-refractivity contribution in [3.05, 3.63) is 23.2 Å². The highest BCUT2D eigenvalue weighted by Crippen LogP contribution is 2.24. The highest BCUT2D eigenvalue weighted by Gasteiger charge is 2.13. The fourth-order valence-electron chi connectivity index (χ4n) is 1.27. The average molecular weight is 244 g/mol. The van der Waals surface area contributed by atoms with Crippen molar-refractivity contribution in [2.45, 2.75) is 31.3 Å². The minimum absolute atomic E-state index is 0.0112. The third-order valence-corrected chi connectivity index (χ3v) is 3.57. The zero-order valence-corrected chi connectivity index (χ0v) is 10.2. The Labute approximate surface area is 98.7 Å². The van der Waals surface area contributed by atoms with Crippen molar-refractivity contribution in [3.63, 3.8) is 0 Å². The first-order chi connectivity index (χ1) is 7.54. The molecule has 0 bridgehead atoms. The number of hydrogen-bond donors (Lipinski definition) is 2. The summed E-state index contributed by atoms with van der Waals surface area (Å²) in [5.41, 5.74) is 0.909. The Balaban J connectivity index is 2.57. The first-order valence-electron chi connectivity index (χ1n) is 5.09. The van der Waals surface area contributed by atoms with Crippen LogP contribution in [0.15, 0.2) is 10.5 Å². The van der Waals surface area contributed by atoms with Gasteiger partial charge < -0.3 is 14.6 Å². The molecule has 1 heterocycles. The molecule has 1 atom stereocenters. The maximum absolute atomic E-state index is 10.7. The molecule has 1 aromatic rings. The zero-order chi connectivity index (χ0) is 12.1. The molecule has 2 N–H and O–H groups in total. The van der Waals surface area contributed by atoms with Gasteiger partial charge in [0, 0.05) is 23.2 Å². The molecule has 0 spiro atoms. The molecule has 1 aromatic heterocycles. The van der Waals surface area contributed by atoms with Gasteiger partial charge in [0.2, 0.25) is 5.76 Å². The third-order valence-electron chi connectivity index (χ3n) is 2.29. The molecule has 90 valence electrons. The number of rotatable bonds is 6. The van der Waals surface area contributed by atoms with Gasteiger partial charge in [-0.3, -0.25) is 0 Å². The van der Waals surface area contributed by atoms with Crippen LogP contribution in [0, 0.1) is 6.92 Å². The molecule has 0 fully saturated rings. The Hall–Kier alpha value is -0.940. The summed E-state index contributed by atoms with van der Waals surface area (Å²) in [7, 11) is 0. The van der Waals surface area contributed by atoms with Crippen LogP contribution in [0.3, 0.4) is 0 Å². The Morgan fingerprint density at radius 3 is 2.81 bits per heavy atom. The molecule has 1 rings (SSSR count). The van der Waals surface area contributed by atoms with Crippen LogP contribution in [0.2, 0.25) is 0 Å². The lowest BCUT2D eigenvalue weighted by atomic mass is 10.3. The first-order valence-corrected chi connectivity index (χ1v) is 6.14. The summed E-state index contributed by atoms with van der Waals surface area (Å²) in [6.45, 7) is 3.98. The lowest BCUT2D eigenvalue weighted by Crippen LogP contribution is -1.99. The van der Waals surface area contributed by atoms with Crippen LogP contribution in [0.4, 0.5) is 0 Å². The average Bonchev–Trinajstić information content (AvgIpc) is 2.58. The number of carboxylic acids is 1. The molecule has 5 heteroatoms. The van der Waals surface area contributed by atoms with Crippen LogP contribution in [0.25, 0.3) is 0 Å². The highest BCUT2D eigenvalue weighted by molar-refractivity contribution is 7.99. The van der Waals surface area contributed by atoms with Gasteiger partial charge in [-0.05, 0) is 19.4 Å². The van der Waals surface area contributed by atoms with E-state index in [1.54, 1.807) is 24.8 Å². The van der Waals surface area contributed by atoms with Crippen molar-refractivity contribution in [1.29, 1.82) is 0 Å². The number of aliphatic hydroxyl groups excluding tert-OH is 1. The van der Waals surface area contributed by atoms with Gasteiger partial charge in [0.15, 0.2) is 0 Å². The summed E-state index contributed by atoms with van der Waals surface area (Å²) < 4.78 is 5.11. The quantitative estimate of drug-likeness (QED) is 0.803. The predicted molar refractivity (Wildman–Crippen MR) is 62.9 cm³/mol. The Kier molecular flexibility index (Phi) is 4.89. The topological polar surface area (TPSA) is 70.7 Å². The number of furan rings is 1. The molecular formula is C11H16O4S. The number of carboxylic acid groups (broad SMARTS) is 1. The van der Waals surface area contributed by atoms with Crippen LogP contribution in [0.1, 0.15) is 35.2 Å². The monoisotopic (exact) mass is 244 g/mol. The van der Waals surface area contributed by atoms with E-state index in [1.165, 1.54) is 0 Å². The molecular weight excluding hydrogens is 228 g/mol. The van der Waals surface area contributed by atoms with Crippen molar-refractivity contribution >= 4 is 17.7 Å². The maximum atomic E-state index is 10.7. The number of hydrogen-bond acceptors (Lipinski definition) is 4. The molecule has 0 aliphatic carbocycles. The third kappa shape index (κ3) is 3.57. The molecule has 0 saturated heterocycles. The summed E-state index contributed by atoms with van der Waals surface area (Å²) >= 11 is 1.68. The number of aromatic carboxylic acids is 1. The molecule has 0 aromatic carbocycles. The van der Waals surface area contributed by atoms with Crippen molar-refractivity contribution < 1.29 is 19.4 Å². The van der Waals surface area contributed by atoms with E-state index in [9.17, 15) is 4.79 Å². The van der Waals surface area contributed by atoms with Gasteiger partial charge in [-0.15, -0.1) is 0 Å². The second kappa shape index (κ2) is 5.96. The Bertz CT molecular complexity index is 359. The van der Waals surface area contributed by atoms with Gasteiger partial charge >= 0.3 is 5.97 Å². The zero-order valence-electron chi connectivity index (χ0n) is 9.40. The standard InChI is InChI=1S/C11H16O4S/c1-7(3-4-12)16-6-9-5-10(11(13)14)15-8(9)2/h5,7,12H,3-4,6H2,1-2H3,(H,13,14). The van der Waals surface area contributed by atoms with E-state index in [0.29, 0.717) is 16.8 Å². The van der Waals surface area contributed by atoms with Crippen LogP contribution >= 0.6 is 11.8 Å². The van der Waals surface area contributed by atoms with Gasteiger partial charge in [0.05, 0.1) is 0 Å². The van der Waals surface area contributed by atoms with E-state index in [0.717, 1.165) is 12.0 Å². The van der Waals surface area contributed by atoms with Crippen LogP contribution < -0.4 is 0 Å². The number of aliphatic hydroxyl groups is 1. The van der Waals surface area contributed by atoms with Gasteiger partial charge in [0.25, 0.3) is 0 Å². The highest BCUT2D eigenvalue weighted by atomic mass is 32.2. The smallest absolute Gasteiger partial charge is 0.371 e. The minimum atomic E-state index is -1.04. The van der Waals surface area contributed by atoms with E-state index in [-0.39, 0.29) is 12.4 Å². The largest absolute Gasteiger partial charge is 0.475 e. The summed E-state index contributed by atoms with van der Waals surface area (Å²) in [5.74, 6) is 0.316. The van der Waals surface area contributed by atoms with E-state index >= 15 is 0 Å². The van der Waals surface area contributed by atoms with Crippen LogP contribution in [0.5, 0.6) is 0 Å². The molecule has 0 aliphatic rings. The van der Waals surface area contributed by atoms with Gasteiger partial charge in [-0.1, -0.05) is 6.92 Å². The second-order valence-electron chi connectivity index (χ2n) is 3.63. The lowest BCUT2D eigenvalue weighted by molar-refractivity contribution is 0.0661. The van der Waals surface area contributed by atoms with Crippen molar-refractivity contribution in [3.8, 4) is 0 Å². The Morgan fingerprint density at radius 2 is 2.31 bits per heavy atom. The SMILES string of the molecule is Cc1oc(C(=O)O)cc1CSC(C)CCO. The summed E-state index contributed by atoms with van der Waals surface area (Å²) in [6.07, 6.45) is 0.743. The number of thioether (sulfide) groups is 1. The van der Waals surface area contributed by atoms with E-state index in [1.807, 2.05) is 6.92 Å². The van der Waals surface area contributed by atoms with Crippen molar-refractivity contribution in [2.24, 2.45) is 0 Å². The summed E-state index contributed by atoms with van der Waals surface area (Å²) in [5, 5.41) is 17.9. The van der Waals surface area contributed by atoms with Crippen molar-refractivity contribution in [2.75, 3.05) is 6.61 Å². The molecule has 0 saturated carbocycles. The van der Waals surface area contributed by atoms with Crippen molar-refractivity contribution in [1.82, 2.24) is 0 Å². The fourth-order valence-corrected chi connectivity index (χ4v) is 2.29. The summed E-state index contributed by atoms with van der Waals surface area (Å²) in [4.78, 5) is 10.7. The van der Waals surface area contributed by atoms with E-state index < -0.39 is 5.97 Å². The number of carbonyl (C=O) groups is 1. The van der Waals surface area contributed by atoms with Gasteiger partial charge in [-0.2, -0.15) is 11.8 Å². The summed E-state index contributed by atoms with van der Waals surface area (Å²) in [6, 6.07) is 1.57. The molecule has 16 heavy (non-hydrogen) atoms. The normalized spacial score (nSPS) is 12.7. The minimum Gasteiger partial charge on any atom is -0.475 e. The molecule has 0 aliphatic heterocycles. The van der Waals surface area contributed by atoms with E-state index in [2.05, 4.69) is 0 Å². The van der Waals surface area contributed by atoms with Crippen LogP contribution in [-0.4, -0.2) is 28.0 Å². The molecule has 0 amide bonds. The van der Waals surface area contributed by atoms with Gasteiger partial charge in [-0.25, -0.2) is 4.79 Å². The Morgan fingerprint density at radius 1 is 1.62 bits per heavy atom. The predicted octanol–water partition coefficient (Wildman–Crippen LogP) is 2.29. The lowest BCUT2D eigenvalue weighted by Gasteiger charge is -2.07. The second-order valence-corrected chi connectivity index (χ2v) is 5.06. The maximum Gasteiger partial charge on any atom is 0.371 e.